The zero-order valence-electron chi connectivity index (χ0n) is 27.5. The van der Waals surface area contributed by atoms with Crippen molar-refractivity contribution in [3.05, 3.63) is 11.6 Å². The lowest BCUT2D eigenvalue weighted by Gasteiger charge is -2.17. The molecule has 0 saturated heterocycles. The molecule has 3 atom stereocenters. The van der Waals surface area contributed by atoms with Gasteiger partial charge in [0.15, 0.2) is 0 Å². The van der Waals surface area contributed by atoms with Crippen LogP contribution in [0.1, 0.15) is 200 Å². The van der Waals surface area contributed by atoms with Crippen LogP contribution in [-0.4, -0.2) is 34.5 Å². The second-order valence-electron chi connectivity index (χ2n) is 13.1. The summed E-state index contributed by atoms with van der Waals surface area (Å²) in [6.45, 7) is 4.20. The third-order valence-electron chi connectivity index (χ3n) is 8.98. The molecule has 0 amide bonds. The molecule has 0 aromatic rings. The molecule has 242 valence electrons. The average molecular weight is 579 g/mol. The summed E-state index contributed by atoms with van der Waals surface area (Å²) in [6, 6.07) is 0. The van der Waals surface area contributed by atoms with Gasteiger partial charge < -0.3 is 14.9 Å². The molecule has 41 heavy (non-hydrogen) atoms. The van der Waals surface area contributed by atoms with Crippen molar-refractivity contribution in [2.45, 2.75) is 218 Å². The minimum atomic E-state index is -0.538. The van der Waals surface area contributed by atoms with Crippen LogP contribution in [-0.2, 0) is 9.53 Å². The van der Waals surface area contributed by atoms with Crippen LogP contribution in [0, 0.1) is 0 Å². The van der Waals surface area contributed by atoms with E-state index in [0.717, 1.165) is 44.1 Å². The second-order valence-corrected chi connectivity index (χ2v) is 13.1. The summed E-state index contributed by atoms with van der Waals surface area (Å²) in [7, 11) is 0. The predicted molar refractivity (Wildman–Crippen MR) is 175 cm³/mol. The monoisotopic (exact) mass is 579 g/mol. The molecule has 0 aromatic carbocycles. The van der Waals surface area contributed by atoms with E-state index in [2.05, 4.69) is 6.92 Å². The molecule has 0 bridgehead atoms. The zero-order valence-corrected chi connectivity index (χ0v) is 27.5. The van der Waals surface area contributed by atoms with E-state index in [1.807, 2.05) is 13.0 Å². The Kier molecular flexibility index (Phi) is 26.0. The maximum absolute atomic E-state index is 11.6. The van der Waals surface area contributed by atoms with Gasteiger partial charge in [0, 0.05) is 5.57 Å². The lowest BCUT2D eigenvalue weighted by Crippen LogP contribution is -2.25. The molecule has 1 rings (SSSR count). The minimum Gasteiger partial charge on any atom is -0.455 e. The number of rotatable bonds is 31. The Labute approximate surface area is 255 Å². The van der Waals surface area contributed by atoms with Crippen molar-refractivity contribution in [2.75, 3.05) is 0 Å². The van der Waals surface area contributed by atoms with Crippen molar-refractivity contribution in [3.8, 4) is 0 Å². The summed E-state index contributed by atoms with van der Waals surface area (Å²) in [4.78, 5) is 11.6. The molecule has 0 radical (unpaired) electrons. The summed E-state index contributed by atoms with van der Waals surface area (Å²) < 4.78 is 5.15. The summed E-state index contributed by atoms with van der Waals surface area (Å²) in [5.41, 5.74) is 0.878. The van der Waals surface area contributed by atoms with Crippen LogP contribution < -0.4 is 0 Å². The van der Waals surface area contributed by atoms with Gasteiger partial charge in [-0.2, -0.15) is 0 Å². The molecule has 0 aromatic heterocycles. The highest BCUT2D eigenvalue weighted by atomic mass is 16.5. The first-order valence-electron chi connectivity index (χ1n) is 18.3. The standard InChI is InChI=1S/C37H70O4/c1-3-4-5-6-7-8-9-10-11-15-18-21-24-27-30-35(38)36(39)31-28-25-22-19-16-13-12-14-17-20-23-26-29-34-32-33(2)41-37(34)40/h32-33,35-36,38-39H,3-31H2,1-2H3/t33-,35-,36-/m0/s1. The van der Waals surface area contributed by atoms with Crippen molar-refractivity contribution in [1.29, 1.82) is 0 Å². The van der Waals surface area contributed by atoms with Gasteiger partial charge in [-0.25, -0.2) is 4.79 Å². The molecule has 0 fully saturated rings. The molecule has 0 unspecified atom stereocenters. The highest BCUT2D eigenvalue weighted by molar-refractivity contribution is 5.90. The molecule has 1 aliphatic heterocycles. The lowest BCUT2D eigenvalue weighted by atomic mass is 9.99. The molecule has 0 spiro atoms. The van der Waals surface area contributed by atoms with Crippen molar-refractivity contribution < 1.29 is 19.7 Å². The Morgan fingerprint density at radius 2 is 0.878 bits per heavy atom. The van der Waals surface area contributed by atoms with Crippen LogP contribution in [0.4, 0.5) is 0 Å². The average Bonchev–Trinajstić information content (AvgIpc) is 3.29. The quantitative estimate of drug-likeness (QED) is 0.0634. The van der Waals surface area contributed by atoms with Crippen LogP contribution in [0.3, 0.4) is 0 Å². The van der Waals surface area contributed by atoms with E-state index in [0.29, 0.717) is 0 Å². The summed E-state index contributed by atoms with van der Waals surface area (Å²) >= 11 is 0. The molecule has 4 nitrogen and oxygen atoms in total. The van der Waals surface area contributed by atoms with Crippen molar-refractivity contribution in [3.63, 3.8) is 0 Å². The number of esters is 1. The first kappa shape index (κ1) is 38.2. The fourth-order valence-corrected chi connectivity index (χ4v) is 6.18. The Balaban J connectivity index is 1.76. The predicted octanol–water partition coefficient (Wildman–Crippen LogP) is 10.9. The largest absolute Gasteiger partial charge is 0.455 e. The van der Waals surface area contributed by atoms with Gasteiger partial charge in [0.05, 0.1) is 12.2 Å². The SMILES string of the molecule is CCCCCCCCCCCCCCCC[C@H](O)[C@@H](O)CCCCCCCCCCCCCCC1=C[C@H](C)OC1=O. The van der Waals surface area contributed by atoms with Gasteiger partial charge in [-0.15, -0.1) is 0 Å². The number of cyclic esters (lactones) is 1. The molecular formula is C37H70O4. The summed E-state index contributed by atoms with van der Waals surface area (Å²) in [5.74, 6) is -0.110. The van der Waals surface area contributed by atoms with Gasteiger partial charge in [-0.1, -0.05) is 167 Å². The molecule has 4 heteroatoms. The maximum Gasteiger partial charge on any atom is 0.334 e. The van der Waals surface area contributed by atoms with Crippen molar-refractivity contribution >= 4 is 5.97 Å². The number of hydrogen-bond acceptors (Lipinski definition) is 4. The third kappa shape index (κ3) is 23.3. The summed E-state index contributed by atoms with van der Waals surface area (Å²) in [5, 5.41) is 20.6. The van der Waals surface area contributed by atoms with Crippen LogP contribution in [0.15, 0.2) is 11.6 Å². The Morgan fingerprint density at radius 1 is 0.561 bits per heavy atom. The Bertz CT molecular complexity index is 616. The normalized spacial score (nSPS) is 16.6. The topological polar surface area (TPSA) is 66.8 Å². The van der Waals surface area contributed by atoms with Gasteiger partial charge in [-0.05, 0) is 38.7 Å². The fraction of sp³-hybridized carbons (Fsp3) is 0.919. The van der Waals surface area contributed by atoms with Crippen LogP contribution in [0.25, 0.3) is 0 Å². The van der Waals surface area contributed by atoms with Crippen LogP contribution in [0.5, 0.6) is 0 Å². The fourth-order valence-electron chi connectivity index (χ4n) is 6.18. The van der Waals surface area contributed by atoms with Gasteiger partial charge in [0.1, 0.15) is 6.10 Å². The highest BCUT2D eigenvalue weighted by Gasteiger charge is 2.21. The van der Waals surface area contributed by atoms with E-state index < -0.39 is 12.2 Å². The van der Waals surface area contributed by atoms with E-state index >= 15 is 0 Å². The number of carbonyl (C=O) groups is 1. The van der Waals surface area contributed by atoms with E-state index in [9.17, 15) is 15.0 Å². The first-order valence-corrected chi connectivity index (χ1v) is 18.3. The van der Waals surface area contributed by atoms with Crippen molar-refractivity contribution in [1.82, 2.24) is 0 Å². The molecular weight excluding hydrogens is 508 g/mol. The number of ether oxygens (including phenoxy) is 1. The zero-order chi connectivity index (χ0) is 29.8. The lowest BCUT2D eigenvalue weighted by molar-refractivity contribution is -0.139. The smallest absolute Gasteiger partial charge is 0.334 e. The van der Waals surface area contributed by atoms with Crippen LogP contribution in [0.2, 0.25) is 0 Å². The highest BCUT2D eigenvalue weighted by Crippen LogP contribution is 2.21. The number of hydrogen-bond donors (Lipinski definition) is 2. The van der Waals surface area contributed by atoms with Gasteiger partial charge in [0.2, 0.25) is 0 Å². The minimum absolute atomic E-state index is 0.0365. The summed E-state index contributed by atoms with van der Waals surface area (Å²) in [6.07, 6.45) is 37.0. The number of unbranched alkanes of at least 4 members (excludes halogenated alkanes) is 24. The molecule has 1 heterocycles. The third-order valence-corrected chi connectivity index (χ3v) is 8.98. The van der Waals surface area contributed by atoms with Gasteiger partial charge >= 0.3 is 5.97 Å². The van der Waals surface area contributed by atoms with Crippen molar-refractivity contribution in [2.24, 2.45) is 0 Å². The number of aliphatic hydroxyl groups is 2. The molecule has 0 saturated carbocycles. The molecule has 1 aliphatic rings. The van der Waals surface area contributed by atoms with E-state index in [1.165, 1.54) is 148 Å². The maximum atomic E-state index is 11.6. The van der Waals surface area contributed by atoms with E-state index in [4.69, 9.17) is 4.74 Å². The number of aliphatic hydroxyl groups excluding tert-OH is 2. The van der Waals surface area contributed by atoms with Gasteiger partial charge in [0.25, 0.3) is 0 Å². The Hall–Kier alpha value is -0.870. The first-order chi connectivity index (χ1) is 20.0. The van der Waals surface area contributed by atoms with Gasteiger partial charge in [-0.3, -0.25) is 0 Å². The number of carbonyl (C=O) groups excluding carboxylic acids is 1. The van der Waals surface area contributed by atoms with E-state index in [1.54, 1.807) is 0 Å². The van der Waals surface area contributed by atoms with E-state index in [-0.39, 0.29) is 12.1 Å². The molecule has 2 N–H and O–H groups in total. The van der Waals surface area contributed by atoms with Crippen LogP contribution >= 0.6 is 0 Å². The Morgan fingerprint density at radius 3 is 1.20 bits per heavy atom. The molecule has 0 aliphatic carbocycles. The second kappa shape index (κ2) is 27.9.